The maximum atomic E-state index is 12.6. The first-order chi connectivity index (χ1) is 9.71. The Kier molecular flexibility index (Phi) is 6.24. The van der Waals surface area contributed by atoms with Gasteiger partial charge in [0.1, 0.15) is 4.90 Å². The summed E-state index contributed by atoms with van der Waals surface area (Å²) >= 11 is 1.57. The number of carbonyl (C=O) groups is 1. The Morgan fingerprint density at radius 1 is 1.43 bits per heavy atom. The highest BCUT2D eigenvalue weighted by molar-refractivity contribution is 7.98. The topological polar surface area (TPSA) is 92.5 Å². The number of aryl methyl sites for hydroxylation is 2. The fourth-order valence-corrected chi connectivity index (χ4v) is 4.08. The number of carboxylic acids is 1. The van der Waals surface area contributed by atoms with Gasteiger partial charge >= 0.3 is 5.97 Å². The lowest BCUT2D eigenvalue weighted by molar-refractivity contribution is -0.137. The van der Waals surface area contributed by atoms with E-state index in [-0.39, 0.29) is 17.9 Å². The first-order valence-corrected chi connectivity index (χ1v) is 9.26. The van der Waals surface area contributed by atoms with Gasteiger partial charge < -0.3 is 5.11 Å². The highest BCUT2D eigenvalue weighted by Crippen LogP contribution is 2.23. The number of nitrogens with zero attached hydrogens (tertiary/aromatic N) is 3. The molecular weight excluding hydrogens is 314 g/mol. The van der Waals surface area contributed by atoms with Crippen molar-refractivity contribution >= 4 is 27.8 Å². The average Bonchev–Trinajstić information content (AvgIpc) is 2.68. The van der Waals surface area contributed by atoms with Gasteiger partial charge in [0.2, 0.25) is 10.0 Å². The molecule has 21 heavy (non-hydrogen) atoms. The van der Waals surface area contributed by atoms with E-state index < -0.39 is 16.0 Å². The molecule has 1 rings (SSSR count). The SMILES string of the molecule is CSCCN(C)S(=O)(=O)c1c(C)nn(CCC(=O)O)c1C. The van der Waals surface area contributed by atoms with Crippen molar-refractivity contribution < 1.29 is 18.3 Å². The van der Waals surface area contributed by atoms with Crippen LogP contribution in [0.25, 0.3) is 0 Å². The Bertz CT molecular complexity index is 610. The monoisotopic (exact) mass is 335 g/mol. The van der Waals surface area contributed by atoms with Gasteiger partial charge in [-0.3, -0.25) is 9.48 Å². The van der Waals surface area contributed by atoms with Crippen LogP contribution in [0.1, 0.15) is 17.8 Å². The Morgan fingerprint density at radius 3 is 2.57 bits per heavy atom. The van der Waals surface area contributed by atoms with Crippen molar-refractivity contribution in [3.8, 4) is 0 Å². The lowest BCUT2D eigenvalue weighted by Gasteiger charge is -2.16. The maximum Gasteiger partial charge on any atom is 0.305 e. The number of sulfonamides is 1. The molecule has 0 atom stereocenters. The largest absolute Gasteiger partial charge is 0.481 e. The predicted octanol–water partition coefficient (Wildman–Crippen LogP) is 0.958. The van der Waals surface area contributed by atoms with Crippen LogP contribution in [-0.2, 0) is 21.4 Å². The molecule has 1 heterocycles. The van der Waals surface area contributed by atoms with Crippen molar-refractivity contribution in [1.29, 1.82) is 0 Å². The molecule has 0 aliphatic carbocycles. The standard InChI is InChI=1S/C12H21N3O4S2/c1-9-12(21(18,19)14(3)7-8-20-4)10(2)15(13-9)6-5-11(16)17/h5-8H2,1-4H3,(H,16,17). The van der Waals surface area contributed by atoms with Gasteiger partial charge in [-0.05, 0) is 20.1 Å². The molecular formula is C12H21N3O4S2. The van der Waals surface area contributed by atoms with Crippen molar-refractivity contribution in [2.75, 3.05) is 25.6 Å². The summed E-state index contributed by atoms with van der Waals surface area (Å²) in [7, 11) is -2.06. The van der Waals surface area contributed by atoms with Gasteiger partial charge in [-0.2, -0.15) is 21.2 Å². The molecule has 0 fully saturated rings. The van der Waals surface area contributed by atoms with Crippen LogP contribution in [0.5, 0.6) is 0 Å². The molecule has 0 aromatic carbocycles. The second kappa shape index (κ2) is 7.28. The number of aliphatic carboxylic acids is 1. The number of aromatic nitrogens is 2. The van der Waals surface area contributed by atoms with Crippen molar-refractivity contribution in [3.63, 3.8) is 0 Å². The Hall–Kier alpha value is -1.06. The molecule has 9 heteroatoms. The first-order valence-electron chi connectivity index (χ1n) is 6.43. The fourth-order valence-electron chi connectivity index (χ4n) is 1.97. The summed E-state index contributed by atoms with van der Waals surface area (Å²) in [5.41, 5.74) is 0.874. The van der Waals surface area contributed by atoms with Gasteiger partial charge in [0.25, 0.3) is 0 Å². The van der Waals surface area contributed by atoms with Crippen LogP contribution in [0.4, 0.5) is 0 Å². The van der Waals surface area contributed by atoms with Crippen LogP contribution in [0, 0.1) is 13.8 Å². The number of rotatable bonds is 8. The molecule has 0 saturated carbocycles. The van der Waals surface area contributed by atoms with Gasteiger partial charge in [0, 0.05) is 19.3 Å². The third-order valence-electron chi connectivity index (χ3n) is 3.13. The van der Waals surface area contributed by atoms with Crippen LogP contribution in [0.3, 0.4) is 0 Å². The molecule has 0 radical (unpaired) electrons. The number of hydrogen-bond donors (Lipinski definition) is 1. The van der Waals surface area contributed by atoms with Gasteiger partial charge in [0.05, 0.1) is 24.4 Å². The molecule has 0 spiro atoms. The van der Waals surface area contributed by atoms with E-state index in [1.807, 2.05) is 6.26 Å². The van der Waals surface area contributed by atoms with Gasteiger partial charge in [-0.15, -0.1) is 0 Å². The van der Waals surface area contributed by atoms with E-state index >= 15 is 0 Å². The molecule has 0 aliphatic rings. The summed E-state index contributed by atoms with van der Waals surface area (Å²) in [6, 6.07) is 0. The summed E-state index contributed by atoms with van der Waals surface area (Å²) in [6.07, 6.45) is 1.82. The molecule has 0 aliphatic heterocycles. The van der Waals surface area contributed by atoms with E-state index in [9.17, 15) is 13.2 Å². The Morgan fingerprint density at radius 2 is 2.05 bits per heavy atom. The summed E-state index contributed by atoms with van der Waals surface area (Å²) in [5.74, 6) is -0.231. The smallest absolute Gasteiger partial charge is 0.305 e. The zero-order valence-corrected chi connectivity index (χ0v) is 14.3. The highest BCUT2D eigenvalue weighted by atomic mass is 32.2. The summed E-state index contributed by atoms with van der Waals surface area (Å²) in [5, 5.41) is 12.9. The first kappa shape index (κ1) is 18.0. The Balaban J connectivity index is 3.09. The minimum Gasteiger partial charge on any atom is -0.481 e. The van der Waals surface area contributed by atoms with Crippen molar-refractivity contribution in [3.05, 3.63) is 11.4 Å². The predicted molar refractivity (Wildman–Crippen MR) is 82.2 cm³/mol. The molecule has 0 bridgehead atoms. The molecule has 1 aromatic heterocycles. The zero-order chi connectivity index (χ0) is 16.2. The molecule has 0 unspecified atom stereocenters. The molecule has 0 saturated heterocycles. The van der Waals surface area contributed by atoms with Gasteiger partial charge in [-0.25, -0.2) is 8.42 Å². The van der Waals surface area contributed by atoms with Crippen molar-refractivity contribution in [2.24, 2.45) is 0 Å². The molecule has 1 aromatic rings. The lowest BCUT2D eigenvalue weighted by Crippen LogP contribution is -2.30. The van der Waals surface area contributed by atoms with E-state index in [0.29, 0.717) is 23.7 Å². The second-order valence-electron chi connectivity index (χ2n) is 4.69. The summed E-state index contributed by atoms with van der Waals surface area (Å²) in [6.45, 7) is 3.85. The second-order valence-corrected chi connectivity index (χ2v) is 7.65. The van der Waals surface area contributed by atoms with E-state index in [4.69, 9.17) is 5.11 Å². The summed E-state index contributed by atoms with van der Waals surface area (Å²) in [4.78, 5) is 10.8. The number of thioether (sulfide) groups is 1. The third-order valence-corrected chi connectivity index (χ3v) is 5.83. The van der Waals surface area contributed by atoms with Crippen molar-refractivity contribution in [2.45, 2.75) is 31.7 Å². The van der Waals surface area contributed by atoms with Gasteiger partial charge in [0.15, 0.2) is 0 Å². The van der Waals surface area contributed by atoms with E-state index in [2.05, 4.69) is 5.10 Å². The maximum absolute atomic E-state index is 12.6. The van der Waals surface area contributed by atoms with Crippen LogP contribution in [0.2, 0.25) is 0 Å². The van der Waals surface area contributed by atoms with Crippen molar-refractivity contribution in [1.82, 2.24) is 14.1 Å². The summed E-state index contributed by atoms with van der Waals surface area (Å²) < 4.78 is 27.9. The average molecular weight is 335 g/mol. The quantitative estimate of drug-likeness (QED) is 0.760. The third kappa shape index (κ3) is 4.21. The minimum atomic E-state index is -3.60. The fraction of sp³-hybridized carbons (Fsp3) is 0.667. The number of hydrogen-bond acceptors (Lipinski definition) is 5. The van der Waals surface area contributed by atoms with E-state index in [0.717, 1.165) is 0 Å². The zero-order valence-electron chi connectivity index (χ0n) is 12.7. The Labute approximate surface area is 129 Å². The van der Waals surface area contributed by atoms with Crippen LogP contribution < -0.4 is 0 Å². The van der Waals surface area contributed by atoms with Gasteiger partial charge in [-0.1, -0.05) is 0 Å². The highest BCUT2D eigenvalue weighted by Gasteiger charge is 2.28. The minimum absolute atomic E-state index is 0.0935. The molecule has 1 N–H and O–H groups in total. The normalized spacial score (nSPS) is 12.0. The van der Waals surface area contributed by atoms with Crippen LogP contribution in [-0.4, -0.2) is 59.2 Å². The number of carboxylic acid groups (broad SMARTS) is 1. The lowest BCUT2D eigenvalue weighted by atomic mass is 10.4. The van der Waals surface area contributed by atoms with E-state index in [1.165, 1.54) is 8.99 Å². The van der Waals surface area contributed by atoms with Crippen LogP contribution in [0.15, 0.2) is 4.90 Å². The van der Waals surface area contributed by atoms with Crippen LogP contribution >= 0.6 is 11.8 Å². The van der Waals surface area contributed by atoms with E-state index in [1.54, 1.807) is 32.7 Å². The molecule has 120 valence electrons. The molecule has 0 amide bonds. The molecule has 7 nitrogen and oxygen atoms in total.